The maximum atomic E-state index is 10.9. The molecular formula is C14H19NO5. The number of unbranched alkanes of at least 4 members (excludes halogenated alkanes) is 2. The molecule has 0 N–H and O–H groups in total. The Morgan fingerprint density at radius 1 is 1.30 bits per heavy atom. The van der Waals surface area contributed by atoms with Crippen LogP contribution < -0.4 is 4.74 Å². The monoisotopic (exact) mass is 281 g/mol. The highest BCUT2D eigenvalue weighted by Gasteiger charge is 2.13. The molecule has 0 aliphatic rings. The van der Waals surface area contributed by atoms with Gasteiger partial charge in [0.05, 0.1) is 24.2 Å². The molecule has 0 unspecified atom stereocenters. The largest absolute Gasteiger partial charge is 0.493 e. The van der Waals surface area contributed by atoms with Crippen molar-refractivity contribution in [3.63, 3.8) is 0 Å². The number of nitro groups is 1. The van der Waals surface area contributed by atoms with Crippen molar-refractivity contribution in [3.05, 3.63) is 33.9 Å². The van der Waals surface area contributed by atoms with E-state index in [1.807, 2.05) is 0 Å². The summed E-state index contributed by atoms with van der Waals surface area (Å²) in [5.74, 6) is 0.326. The van der Waals surface area contributed by atoms with Gasteiger partial charge in [0.1, 0.15) is 5.75 Å². The van der Waals surface area contributed by atoms with Gasteiger partial charge in [0.15, 0.2) is 0 Å². The Morgan fingerprint density at radius 2 is 2.05 bits per heavy atom. The summed E-state index contributed by atoms with van der Waals surface area (Å²) in [4.78, 5) is 21.3. The van der Waals surface area contributed by atoms with Crippen molar-refractivity contribution in [3.8, 4) is 5.75 Å². The number of carbonyl (C=O) groups excluding carboxylic acids is 1. The highest BCUT2D eigenvalue weighted by molar-refractivity contribution is 5.68. The van der Waals surface area contributed by atoms with Crippen LogP contribution in [0.5, 0.6) is 5.75 Å². The summed E-state index contributed by atoms with van der Waals surface area (Å²) < 4.78 is 10.1. The number of nitro benzene ring substituents is 1. The molecule has 0 spiro atoms. The molecule has 6 heteroatoms. The molecule has 0 aromatic heterocycles. The van der Waals surface area contributed by atoms with E-state index >= 15 is 0 Å². The zero-order chi connectivity index (χ0) is 15.0. The van der Waals surface area contributed by atoms with Crippen LogP contribution in [-0.4, -0.2) is 24.6 Å². The molecule has 1 rings (SSSR count). The highest BCUT2D eigenvalue weighted by atomic mass is 16.6. The third kappa shape index (κ3) is 4.87. The Balaban J connectivity index is 2.34. The summed E-state index contributed by atoms with van der Waals surface area (Å²) in [5, 5.41) is 10.8. The van der Waals surface area contributed by atoms with E-state index in [1.165, 1.54) is 13.2 Å². The zero-order valence-corrected chi connectivity index (χ0v) is 11.8. The van der Waals surface area contributed by atoms with Crippen LogP contribution in [0.4, 0.5) is 5.69 Å². The van der Waals surface area contributed by atoms with Gasteiger partial charge < -0.3 is 9.47 Å². The first-order chi connectivity index (χ1) is 9.56. The minimum absolute atomic E-state index is 0.0631. The molecule has 0 fully saturated rings. The number of hydrogen-bond donors (Lipinski definition) is 0. The van der Waals surface area contributed by atoms with Gasteiger partial charge >= 0.3 is 5.97 Å². The van der Waals surface area contributed by atoms with Crippen LogP contribution in [0.2, 0.25) is 0 Å². The molecule has 0 heterocycles. The summed E-state index contributed by atoms with van der Waals surface area (Å²) in [6, 6.07) is 4.78. The predicted molar refractivity (Wildman–Crippen MR) is 73.8 cm³/mol. The first-order valence-electron chi connectivity index (χ1n) is 6.50. The average Bonchev–Trinajstić information content (AvgIpc) is 2.43. The molecule has 0 saturated carbocycles. The summed E-state index contributed by atoms with van der Waals surface area (Å²) in [5.41, 5.74) is 0.597. The normalized spacial score (nSPS) is 10.1. The van der Waals surface area contributed by atoms with Crippen LogP contribution in [-0.2, 0) is 9.53 Å². The molecule has 110 valence electrons. The number of benzene rings is 1. The quantitative estimate of drug-likeness (QED) is 0.317. The molecule has 0 atom stereocenters. The number of hydrogen-bond acceptors (Lipinski definition) is 5. The van der Waals surface area contributed by atoms with Crippen molar-refractivity contribution in [2.75, 3.05) is 13.7 Å². The van der Waals surface area contributed by atoms with Gasteiger partial charge in [-0.3, -0.25) is 14.9 Å². The van der Waals surface area contributed by atoms with Gasteiger partial charge in [-0.25, -0.2) is 0 Å². The maximum Gasteiger partial charge on any atom is 0.305 e. The lowest BCUT2D eigenvalue weighted by molar-refractivity contribution is -0.385. The van der Waals surface area contributed by atoms with Gasteiger partial charge in [0, 0.05) is 12.5 Å². The van der Waals surface area contributed by atoms with Crippen molar-refractivity contribution >= 4 is 11.7 Å². The van der Waals surface area contributed by atoms with Crippen LogP contribution in [0.25, 0.3) is 0 Å². The van der Waals surface area contributed by atoms with Gasteiger partial charge in [0.2, 0.25) is 0 Å². The summed E-state index contributed by atoms with van der Waals surface area (Å²) in [6.45, 7) is 2.15. The molecule has 0 aliphatic heterocycles. The van der Waals surface area contributed by atoms with E-state index in [2.05, 4.69) is 4.74 Å². The van der Waals surface area contributed by atoms with Crippen LogP contribution in [0, 0.1) is 17.0 Å². The second kappa shape index (κ2) is 8.14. The minimum atomic E-state index is -0.418. The van der Waals surface area contributed by atoms with E-state index in [0.29, 0.717) is 24.3 Å². The number of carbonyl (C=O) groups is 1. The number of rotatable bonds is 8. The lowest BCUT2D eigenvalue weighted by Gasteiger charge is -2.08. The number of ether oxygens (including phenoxy) is 2. The highest BCUT2D eigenvalue weighted by Crippen LogP contribution is 2.27. The predicted octanol–water partition coefficient (Wildman–Crippen LogP) is 3.02. The maximum absolute atomic E-state index is 10.9. The number of esters is 1. The smallest absolute Gasteiger partial charge is 0.305 e. The molecule has 1 aromatic rings. The number of nitrogens with zero attached hydrogens (tertiary/aromatic N) is 1. The molecule has 6 nitrogen and oxygen atoms in total. The Labute approximate surface area is 117 Å². The third-order valence-electron chi connectivity index (χ3n) is 2.96. The minimum Gasteiger partial charge on any atom is -0.493 e. The van der Waals surface area contributed by atoms with Crippen molar-refractivity contribution in [2.24, 2.45) is 0 Å². The third-order valence-corrected chi connectivity index (χ3v) is 2.96. The molecule has 20 heavy (non-hydrogen) atoms. The van der Waals surface area contributed by atoms with Crippen LogP contribution in [0.3, 0.4) is 0 Å². The fraction of sp³-hybridized carbons (Fsp3) is 0.500. The molecule has 0 amide bonds. The van der Waals surface area contributed by atoms with E-state index in [9.17, 15) is 14.9 Å². The molecule has 0 aliphatic carbocycles. The molecule has 1 aromatic carbocycles. The first-order valence-corrected chi connectivity index (χ1v) is 6.50. The van der Waals surface area contributed by atoms with Gasteiger partial charge in [-0.15, -0.1) is 0 Å². The molecular weight excluding hydrogens is 262 g/mol. The van der Waals surface area contributed by atoms with E-state index in [4.69, 9.17) is 4.74 Å². The summed E-state index contributed by atoms with van der Waals surface area (Å²) >= 11 is 0. The van der Waals surface area contributed by atoms with E-state index in [1.54, 1.807) is 19.1 Å². The lowest BCUT2D eigenvalue weighted by atomic mass is 10.2. The van der Waals surface area contributed by atoms with E-state index < -0.39 is 4.92 Å². The van der Waals surface area contributed by atoms with Gasteiger partial charge in [-0.2, -0.15) is 0 Å². The average molecular weight is 281 g/mol. The van der Waals surface area contributed by atoms with Crippen LogP contribution in [0.15, 0.2) is 18.2 Å². The van der Waals surface area contributed by atoms with E-state index in [-0.39, 0.29) is 11.7 Å². The standard InChI is InChI=1S/C14H19NO5/c1-11-12(15(17)18)7-6-8-13(11)20-10-5-3-4-9-14(16)19-2/h6-8H,3-5,9-10H2,1-2H3. The second-order valence-electron chi connectivity index (χ2n) is 4.39. The topological polar surface area (TPSA) is 78.7 Å². The van der Waals surface area contributed by atoms with Gasteiger partial charge in [-0.05, 0) is 32.3 Å². The molecule has 0 saturated heterocycles. The fourth-order valence-electron chi connectivity index (χ4n) is 1.79. The van der Waals surface area contributed by atoms with Crippen molar-refractivity contribution in [1.29, 1.82) is 0 Å². The Hall–Kier alpha value is -2.11. The van der Waals surface area contributed by atoms with E-state index in [0.717, 1.165) is 19.3 Å². The second-order valence-corrected chi connectivity index (χ2v) is 4.39. The fourth-order valence-corrected chi connectivity index (χ4v) is 1.79. The molecule has 0 bridgehead atoms. The lowest BCUT2D eigenvalue weighted by Crippen LogP contribution is -2.02. The van der Waals surface area contributed by atoms with Gasteiger partial charge in [-0.1, -0.05) is 6.07 Å². The van der Waals surface area contributed by atoms with Crippen LogP contribution in [0.1, 0.15) is 31.2 Å². The Morgan fingerprint density at radius 3 is 2.70 bits per heavy atom. The Kier molecular flexibility index (Phi) is 6.49. The molecule has 0 radical (unpaired) electrons. The van der Waals surface area contributed by atoms with Gasteiger partial charge in [0.25, 0.3) is 5.69 Å². The van der Waals surface area contributed by atoms with Crippen molar-refractivity contribution in [2.45, 2.75) is 32.6 Å². The summed E-state index contributed by atoms with van der Waals surface area (Å²) in [7, 11) is 1.37. The SMILES string of the molecule is COC(=O)CCCCCOc1cccc([N+](=O)[O-])c1C. The summed E-state index contributed by atoms with van der Waals surface area (Å²) in [6.07, 6.45) is 2.80. The zero-order valence-electron chi connectivity index (χ0n) is 11.8. The van der Waals surface area contributed by atoms with Crippen LogP contribution >= 0.6 is 0 Å². The number of methoxy groups -OCH3 is 1. The van der Waals surface area contributed by atoms with Crippen molar-refractivity contribution in [1.82, 2.24) is 0 Å². The Bertz CT molecular complexity index is 473. The van der Waals surface area contributed by atoms with Crippen molar-refractivity contribution < 1.29 is 19.2 Å². The first kappa shape index (κ1) is 15.9.